The van der Waals surface area contributed by atoms with Gasteiger partial charge in [0.25, 0.3) is 0 Å². The quantitative estimate of drug-likeness (QED) is 0.867. The van der Waals surface area contributed by atoms with Crippen LogP contribution in [0, 0.1) is 6.92 Å². The number of hydrogen-bond donors (Lipinski definition) is 0. The number of pyridine rings is 1. The van der Waals surface area contributed by atoms with Crippen molar-refractivity contribution in [3.8, 4) is 5.75 Å². The minimum atomic E-state index is -0.235. The van der Waals surface area contributed by atoms with Gasteiger partial charge in [0.15, 0.2) is 0 Å². The van der Waals surface area contributed by atoms with E-state index in [4.69, 9.17) is 14.5 Å². The molecule has 0 N–H and O–H groups in total. The van der Waals surface area contributed by atoms with Crippen molar-refractivity contribution >= 4 is 22.8 Å². The number of fused-ring (bicyclic) bond motifs is 1. The maximum absolute atomic E-state index is 11.8. The smallest absolute Gasteiger partial charge is 0.409 e. The summed E-state index contributed by atoms with van der Waals surface area (Å²) in [5, 5.41) is 1.10. The zero-order chi connectivity index (χ0) is 17.1. The van der Waals surface area contributed by atoms with Crippen molar-refractivity contribution < 1.29 is 14.3 Å². The summed E-state index contributed by atoms with van der Waals surface area (Å²) >= 11 is 0. The molecule has 24 heavy (non-hydrogen) atoms. The van der Waals surface area contributed by atoms with Crippen molar-refractivity contribution in [3.05, 3.63) is 29.8 Å². The molecule has 2 aromatic rings. The maximum Gasteiger partial charge on any atom is 0.409 e. The third-order valence-corrected chi connectivity index (χ3v) is 4.35. The van der Waals surface area contributed by atoms with Crippen molar-refractivity contribution in [1.29, 1.82) is 0 Å². The van der Waals surface area contributed by atoms with E-state index in [2.05, 4.69) is 24.0 Å². The first-order valence-corrected chi connectivity index (χ1v) is 8.25. The van der Waals surface area contributed by atoms with Gasteiger partial charge in [-0.05, 0) is 31.5 Å². The number of amides is 1. The highest BCUT2D eigenvalue weighted by Crippen LogP contribution is 2.29. The fourth-order valence-corrected chi connectivity index (χ4v) is 3.03. The molecule has 1 fully saturated rings. The highest BCUT2D eigenvalue weighted by Gasteiger charge is 2.23. The van der Waals surface area contributed by atoms with E-state index in [1.807, 2.05) is 19.1 Å². The second-order valence-electron chi connectivity index (χ2n) is 5.83. The number of carbonyl (C=O) groups is 1. The van der Waals surface area contributed by atoms with Crippen molar-refractivity contribution in [2.45, 2.75) is 13.8 Å². The Kier molecular flexibility index (Phi) is 4.74. The van der Waals surface area contributed by atoms with Crippen molar-refractivity contribution in [2.24, 2.45) is 0 Å². The van der Waals surface area contributed by atoms with Gasteiger partial charge < -0.3 is 19.3 Å². The van der Waals surface area contributed by atoms with Crippen LogP contribution in [0.5, 0.6) is 5.75 Å². The van der Waals surface area contributed by atoms with Gasteiger partial charge in [-0.2, -0.15) is 0 Å². The Balaban J connectivity index is 1.82. The van der Waals surface area contributed by atoms with E-state index >= 15 is 0 Å². The van der Waals surface area contributed by atoms with Gasteiger partial charge in [-0.1, -0.05) is 12.1 Å². The molecule has 1 aromatic carbocycles. The van der Waals surface area contributed by atoms with Gasteiger partial charge in [-0.15, -0.1) is 0 Å². The lowest BCUT2D eigenvalue weighted by Crippen LogP contribution is -2.49. The second kappa shape index (κ2) is 6.95. The number of methoxy groups -OCH3 is 1. The molecule has 6 heteroatoms. The molecule has 0 unspecified atom stereocenters. The van der Waals surface area contributed by atoms with Gasteiger partial charge >= 0.3 is 6.09 Å². The molecule has 0 atom stereocenters. The molecule has 1 aliphatic rings. The number of ether oxygens (including phenoxy) is 2. The van der Waals surface area contributed by atoms with Crippen LogP contribution >= 0.6 is 0 Å². The zero-order valence-corrected chi connectivity index (χ0v) is 14.4. The van der Waals surface area contributed by atoms with Gasteiger partial charge in [-0.3, -0.25) is 0 Å². The number of nitrogens with zero attached hydrogens (tertiary/aromatic N) is 3. The summed E-state index contributed by atoms with van der Waals surface area (Å²) in [4.78, 5) is 20.6. The number of benzene rings is 1. The monoisotopic (exact) mass is 329 g/mol. The summed E-state index contributed by atoms with van der Waals surface area (Å²) in [5.74, 6) is 1.70. The van der Waals surface area contributed by atoms with E-state index in [-0.39, 0.29) is 6.09 Å². The highest BCUT2D eigenvalue weighted by molar-refractivity contribution is 5.88. The number of hydrogen-bond acceptors (Lipinski definition) is 5. The van der Waals surface area contributed by atoms with Crippen LogP contribution in [-0.2, 0) is 4.74 Å². The van der Waals surface area contributed by atoms with E-state index in [1.165, 1.54) is 5.56 Å². The average molecular weight is 329 g/mol. The molecule has 6 nitrogen and oxygen atoms in total. The largest absolute Gasteiger partial charge is 0.494 e. The van der Waals surface area contributed by atoms with Gasteiger partial charge in [0, 0.05) is 31.6 Å². The Morgan fingerprint density at radius 3 is 2.67 bits per heavy atom. The first-order chi connectivity index (χ1) is 11.6. The van der Waals surface area contributed by atoms with Gasteiger partial charge in [0.1, 0.15) is 17.1 Å². The van der Waals surface area contributed by atoms with E-state index in [0.29, 0.717) is 19.7 Å². The van der Waals surface area contributed by atoms with E-state index in [1.54, 1.807) is 12.0 Å². The number of aromatic nitrogens is 1. The fraction of sp³-hybridized carbons (Fsp3) is 0.444. The molecule has 1 aromatic heterocycles. The lowest BCUT2D eigenvalue weighted by molar-refractivity contribution is 0.105. The lowest BCUT2D eigenvalue weighted by atomic mass is 10.1. The molecule has 0 bridgehead atoms. The average Bonchev–Trinajstić information content (AvgIpc) is 2.61. The Hall–Kier alpha value is -2.50. The molecule has 0 saturated carbocycles. The lowest BCUT2D eigenvalue weighted by Gasteiger charge is -2.35. The van der Waals surface area contributed by atoms with Gasteiger partial charge in [0.2, 0.25) is 0 Å². The summed E-state index contributed by atoms with van der Waals surface area (Å²) in [6.45, 7) is 7.08. The number of para-hydroxylation sites is 1. The third-order valence-electron chi connectivity index (χ3n) is 4.35. The summed E-state index contributed by atoms with van der Waals surface area (Å²) < 4.78 is 10.5. The van der Waals surface area contributed by atoms with Crippen LogP contribution in [0.25, 0.3) is 10.9 Å². The van der Waals surface area contributed by atoms with Crippen LogP contribution in [0.2, 0.25) is 0 Å². The molecule has 1 aliphatic heterocycles. The molecular weight excluding hydrogens is 306 g/mol. The summed E-state index contributed by atoms with van der Waals surface area (Å²) in [5.41, 5.74) is 2.05. The molecule has 0 spiro atoms. The summed E-state index contributed by atoms with van der Waals surface area (Å²) in [7, 11) is 1.66. The predicted octanol–water partition coefficient (Wildman–Crippen LogP) is 2.83. The van der Waals surface area contributed by atoms with E-state index in [0.717, 1.165) is 35.6 Å². The van der Waals surface area contributed by atoms with Crippen molar-refractivity contribution in [2.75, 3.05) is 44.8 Å². The summed E-state index contributed by atoms with van der Waals surface area (Å²) in [6, 6.07) is 8.06. The van der Waals surface area contributed by atoms with Gasteiger partial charge in [0.05, 0.1) is 13.7 Å². The molecule has 128 valence electrons. The molecule has 0 aliphatic carbocycles. The normalized spacial score (nSPS) is 14.8. The fourth-order valence-electron chi connectivity index (χ4n) is 3.03. The molecule has 2 heterocycles. The number of rotatable bonds is 3. The number of piperazine rings is 1. The molecule has 1 saturated heterocycles. The van der Waals surface area contributed by atoms with Crippen LogP contribution < -0.4 is 9.64 Å². The van der Waals surface area contributed by atoms with Crippen molar-refractivity contribution in [3.63, 3.8) is 0 Å². The minimum Gasteiger partial charge on any atom is -0.494 e. The third kappa shape index (κ3) is 3.09. The van der Waals surface area contributed by atoms with Gasteiger partial charge in [-0.25, -0.2) is 9.78 Å². The minimum absolute atomic E-state index is 0.235. The Morgan fingerprint density at radius 1 is 1.25 bits per heavy atom. The molecule has 3 rings (SSSR count). The maximum atomic E-state index is 11.8. The standard InChI is InChI=1S/C18H23N3O3/c1-4-24-18(22)21-10-8-20(9-11-21)16-12-13(2)14-6-5-7-15(23-3)17(14)19-16/h5-7,12H,4,8-11H2,1-3H3. The van der Waals surface area contributed by atoms with Crippen LogP contribution in [-0.4, -0.2) is 55.9 Å². The first kappa shape index (κ1) is 16.4. The Morgan fingerprint density at radius 2 is 2.00 bits per heavy atom. The molecule has 1 amide bonds. The Labute approximate surface area is 142 Å². The highest BCUT2D eigenvalue weighted by atomic mass is 16.6. The SMILES string of the molecule is CCOC(=O)N1CCN(c2cc(C)c3cccc(OC)c3n2)CC1. The van der Waals surface area contributed by atoms with E-state index in [9.17, 15) is 4.79 Å². The van der Waals surface area contributed by atoms with E-state index < -0.39 is 0 Å². The second-order valence-corrected chi connectivity index (χ2v) is 5.83. The Bertz CT molecular complexity index is 740. The van der Waals surface area contributed by atoms with Crippen LogP contribution in [0.1, 0.15) is 12.5 Å². The zero-order valence-electron chi connectivity index (χ0n) is 14.4. The van der Waals surface area contributed by atoms with Crippen LogP contribution in [0.3, 0.4) is 0 Å². The number of carbonyl (C=O) groups excluding carboxylic acids is 1. The number of aryl methyl sites for hydroxylation is 1. The predicted molar refractivity (Wildman–Crippen MR) is 93.8 cm³/mol. The van der Waals surface area contributed by atoms with Crippen LogP contribution in [0.15, 0.2) is 24.3 Å². The van der Waals surface area contributed by atoms with Crippen LogP contribution in [0.4, 0.5) is 10.6 Å². The topological polar surface area (TPSA) is 54.9 Å². The molecule has 0 radical (unpaired) electrons. The first-order valence-electron chi connectivity index (χ1n) is 8.25. The summed E-state index contributed by atoms with van der Waals surface area (Å²) in [6.07, 6.45) is -0.235. The van der Waals surface area contributed by atoms with Crippen molar-refractivity contribution in [1.82, 2.24) is 9.88 Å². The molecular formula is C18H23N3O3. The number of anilines is 1.